The molecule has 0 aromatic rings. The van der Waals surface area contributed by atoms with Crippen LogP contribution in [0.25, 0.3) is 0 Å². The van der Waals surface area contributed by atoms with E-state index < -0.39 is 10.2 Å². The average Bonchev–Trinajstić information content (AvgIpc) is 2.30. The van der Waals surface area contributed by atoms with E-state index in [9.17, 15) is 8.42 Å². The van der Waals surface area contributed by atoms with Crippen LogP contribution in [0.2, 0.25) is 0 Å². The molecule has 1 aliphatic rings. The van der Waals surface area contributed by atoms with Crippen LogP contribution in [0.1, 0.15) is 13.8 Å². The molecule has 0 bridgehead atoms. The summed E-state index contributed by atoms with van der Waals surface area (Å²) in [6, 6.07) is -0.249. The highest BCUT2D eigenvalue weighted by molar-refractivity contribution is 7.86. The molecule has 0 aromatic heterocycles. The van der Waals surface area contributed by atoms with Crippen LogP contribution in [0.15, 0.2) is 0 Å². The van der Waals surface area contributed by atoms with E-state index >= 15 is 0 Å². The lowest BCUT2D eigenvalue weighted by molar-refractivity contribution is 0.0377. The Kier molecular flexibility index (Phi) is 5.46. The molecule has 1 heterocycles. The monoisotopic (exact) mass is 270 g/mol. The first-order chi connectivity index (χ1) is 7.57. The van der Waals surface area contributed by atoms with Crippen LogP contribution >= 0.6 is 11.6 Å². The zero-order chi connectivity index (χ0) is 12.2. The van der Waals surface area contributed by atoms with Crippen molar-refractivity contribution in [3.63, 3.8) is 0 Å². The number of hydrogen-bond acceptors (Lipinski definition) is 3. The number of halogens is 1. The van der Waals surface area contributed by atoms with Gasteiger partial charge in [0.1, 0.15) is 0 Å². The Hall–Kier alpha value is 0.120. The highest BCUT2D eigenvalue weighted by Crippen LogP contribution is 2.16. The molecule has 0 aliphatic carbocycles. The van der Waals surface area contributed by atoms with E-state index in [0.717, 1.165) is 0 Å². The minimum atomic E-state index is -3.38. The maximum absolute atomic E-state index is 12.3. The van der Waals surface area contributed by atoms with Crippen molar-refractivity contribution in [3.05, 3.63) is 0 Å². The summed E-state index contributed by atoms with van der Waals surface area (Å²) in [6.07, 6.45) is 0. The van der Waals surface area contributed by atoms with Gasteiger partial charge in [-0.15, -0.1) is 11.6 Å². The minimum Gasteiger partial charge on any atom is -0.378 e. The van der Waals surface area contributed by atoms with Crippen molar-refractivity contribution < 1.29 is 13.2 Å². The molecule has 5 nitrogen and oxygen atoms in total. The largest absolute Gasteiger partial charge is 0.378 e. The van der Waals surface area contributed by atoms with Crippen molar-refractivity contribution in [1.29, 1.82) is 0 Å². The Bertz CT molecular complexity index is 306. The third-order valence-electron chi connectivity index (χ3n) is 2.68. The van der Waals surface area contributed by atoms with Crippen molar-refractivity contribution in [2.75, 3.05) is 38.7 Å². The number of hydrogen-bond donors (Lipinski definition) is 0. The van der Waals surface area contributed by atoms with E-state index in [0.29, 0.717) is 32.8 Å². The maximum Gasteiger partial charge on any atom is 0.282 e. The first kappa shape index (κ1) is 14.2. The van der Waals surface area contributed by atoms with Crippen molar-refractivity contribution in [2.45, 2.75) is 19.9 Å². The molecule has 1 atom stereocenters. The molecule has 1 saturated heterocycles. The highest BCUT2D eigenvalue weighted by atomic mass is 35.5. The summed E-state index contributed by atoms with van der Waals surface area (Å²) in [6.45, 7) is 5.82. The lowest BCUT2D eigenvalue weighted by Gasteiger charge is -2.36. The molecule has 0 N–H and O–H groups in total. The zero-order valence-corrected chi connectivity index (χ0v) is 11.3. The summed E-state index contributed by atoms with van der Waals surface area (Å²) in [7, 11) is -3.38. The summed E-state index contributed by atoms with van der Waals surface area (Å²) in [4.78, 5) is 0. The molecule has 0 spiro atoms. The standard InChI is InChI=1S/C9H19ClN2O3S/c1-3-11(4-2)16(13,14)12-5-6-15-8-9(12)7-10/h9H,3-8H2,1-2H3. The lowest BCUT2D eigenvalue weighted by Crippen LogP contribution is -2.54. The predicted octanol–water partition coefficient (Wildman–Crippen LogP) is 0.513. The third-order valence-corrected chi connectivity index (χ3v) is 5.28. The van der Waals surface area contributed by atoms with Crippen LogP contribution in [0, 0.1) is 0 Å². The van der Waals surface area contributed by atoms with E-state index in [1.54, 1.807) is 0 Å². The minimum absolute atomic E-state index is 0.249. The molecule has 1 rings (SSSR count). The van der Waals surface area contributed by atoms with E-state index in [4.69, 9.17) is 16.3 Å². The topological polar surface area (TPSA) is 49.9 Å². The van der Waals surface area contributed by atoms with Gasteiger partial charge >= 0.3 is 0 Å². The van der Waals surface area contributed by atoms with Gasteiger partial charge in [-0.1, -0.05) is 13.8 Å². The Labute approximate surface area is 102 Å². The molecule has 1 aliphatic heterocycles. The van der Waals surface area contributed by atoms with Gasteiger partial charge in [0.2, 0.25) is 0 Å². The molecular formula is C9H19ClN2O3S. The molecule has 0 saturated carbocycles. The summed E-state index contributed by atoms with van der Waals surface area (Å²) in [5.41, 5.74) is 0. The van der Waals surface area contributed by atoms with Crippen LogP contribution in [0.4, 0.5) is 0 Å². The molecule has 1 unspecified atom stereocenters. The zero-order valence-electron chi connectivity index (χ0n) is 9.73. The lowest BCUT2D eigenvalue weighted by atomic mass is 10.3. The summed E-state index contributed by atoms with van der Waals surface area (Å²) in [5, 5.41) is 0. The van der Waals surface area contributed by atoms with Crippen LogP contribution in [-0.4, -0.2) is 61.8 Å². The third kappa shape index (κ3) is 2.87. The fraction of sp³-hybridized carbons (Fsp3) is 1.00. The Morgan fingerprint density at radius 3 is 2.56 bits per heavy atom. The van der Waals surface area contributed by atoms with Crippen molar-refractivity contribution in [3.8, 4) is 0 Å². The van der Waals surface area contributed by atoms with Gasteiger partial charge < -0.3 is 4.74 Å². The first-order valence-electron chi connectivity index (χ1n) is 5.48. The molecule has 1 fully saturated rings. The molecule has 16 heavy (non-hydrogen) atoms. The number of morpholine rings is 1. The summed E-state index contributed by atoms with van der Waals surface area (Å²) < 4.78 is 32.6. The molecule has 0 amide bonds. The second-order valence-corrected chi connectivity index (χ2v) is 5.78. The predicted molar refractivity (Wildman–Crippen MR) is 63.9 cm³/mol. The second-order valence-electron chi connectivity index (χ2n) is 3.59. The van der Waals surface area contributed by atoms with Gasteiger partial charge in [0.15, 0.2) is 0 Å². The Morgan fingerprint density at radius 1 is 1.44 bits per heavy atom. The fourth-order valence-electron chi connectivity index (χ4n) is 1.76. The molecule has 0 aromatic carbocycles. The van der Waals surface area contributed by atoms with E-state index in [-0.39, 0.29) is 11.9 Å². The van der Waals surface area contributed by atoms with E-state index in [1.807, 2.05) is 13.8 Å². The van der Waals surface area contributed by atoms with Crippen LogP contribution in [0.3, 0.4) is 0 Å². The Morgan fingerprint density at radius 2 is 2.06 bits per heavy atom. The van der Waals surface area contributed by atoms with Crippen LogP contribution < -0.4 is 0 Å². The molecule has 96 valence electrons. The smallest absolute Gasteiger partial charge is 0.282 e. The first-order valence-corrected chi connectivity index (χ1v) is 7.41. The number of nitrogens with zero attached hydrogens (tertiary/aromatic N) is 2. The molecule has 0 radical (unpaired) electrons. The van der Waals surface area contributed by atoms with Gasteiger partial charge in [-0.2, -0.15) is 17.0 Å². The number of ether oxygens (including phenoxy) is 1. The average molecular weight is 271 g/mol. The fourth-order valence-corrected chi connectivity index (χ4v) is 3.87. The summed E-state index contributed by atoms with van der Waals surface area (Å²) in [5.74, 6) is 0.264. The molecule has 7 heteroatoms. The van der Waals surface area contributed by atoms with E-state index in [2.05, 4.69) is 0 Å². The van der Waals surface area contributed by atoms with Gasteiger partial charge in [0.05, 0.1) is 19.3 Å². The van der Waals surface area contributed by atoms with Gasteiger partial charge in [-0.3, -0.25) is 0 Å². The Balaban J connectivity index is 2.87. The van der Waals surface area contributed by atoms with Crippen LogP contribution in [0.5, 0.6) is 0 Å². The van der Waals surface area contributed by atoms with Crippen molar-refractivity contribution >= 4 is 21.8 Å². The summed E-state index contributed by atoms with van der Waals surface area (Å²) >= 11 is 5.77. The van der Waals surface area contributed by atoms with Gasteiger partial charge in [-0.05, 0) is 0 Å². The van der Waals surface area contributed by atoms with Gasteiger partial charge in [0.25, 0.3) is 10.2 Å². The van der Waals surface area contributed by atoms with Gasteiger partial charge in [0, 0.05) is 25.5 Å². The van der Waals surface area contributed by atoms with Gasteiger partial charge in [-0.25, -0.2) is 0 Å². The normalized spacial score (nSPS) is 23.9. The number of rotatable bonds is 5. The van der Waals surface area contributed by atoms with E-state index in [1.165, 1.54) is 8.61 Å². The van der Waals surface area contributed by atoms with Crippen LogP contribution in [-0.2, 0) is 14.9 Å². The van der Waals surface area contributed by atoms with Crippen molar-refractivity contribution in [2.24, 2.45) is 0 Å². The SMILES string of the molecule is CCN(CC)S(=O)(=O)N1CCOCC1CCl. The highest BCUT2D eigenvalue weighted by Gasteiger charge is 2.35. The maximum atomic E-state index is 12.3. The number of alkyl halides is 1. The second kappa shape index (κ2) is 6.16. The molecular weight excluding hydrogens is 252 g/mol. The quantitative estimate of drug-likeness (QED) is 0.684. The van der Waals surface area contributed by atoms with Crippen molar-refractivity contribution in [1.82, 2.24) is 8.61 Å².